The molecule has 15 heavy (non-hydrogen) atoms. The summed E-state index contributed by atoms with van der Waals surface area (Å²) in [7, 11) is 0. The summed E-state index contributed by atoms with van der Waals surface area (Å²) in [6.45, 7) is 4.50. The van der Waals surface area contributed by atoms with Crippen molar-refractivity contribution >= 4 is 21.8 Å². The maximum absolute atomic E-state index is 11.6. The van der Waals surface area contributed by atoms with Crippen molar-refractivity contribution in [3.05, 3.63) is 17.8 Å². The van der Waals surface area contributed by atoms with Gasteiger partial charge in [0.25, 0.3) is 5.91 Å². The quantitative estimate of drug-likeness (QED) is 0.837. The molecule has 0 aliphatic heterocycles. The van der Waals surface area contributed by atoms with Gasteiger partial charge in [-0.2, -0.15) is 0 Å². The van der Waals surface area contributed by atoms with Gasteiger partial charge in [0.15, 0.2) is 6.39 Å². The second-order valence-corrected chi connectivity index (χ2v) is 4.35. The Kier molecular flexibility index (Phi) is 4.81. The number of carbonyl (C=O) groups is 1. The zero-order valence-electron chi connectivity index (χ0n) is 8.92. The van der Waals surface area contributed by atoms with Gasteiger partial charge in [0.2, 0.25) is 5.76 Å². The highest BCUT2D eigenvalue weighted by molar-refractivity contribution is 9.09. The monoisotopic (exact) mass is 274 g/mol. The SMILES string of the molecule is Cc1ncoc1C(=O)NCC(C)CCBr. The molecule has 1 unspecified atom stereocenters. The molecule has 1 N–H and O–H groups in total. The molecule has 1 aromatic rings. The van der Waals surface area contributed by atoms with Crippen LogP contribution in [0.4, 0.5) is 0 Å². The van der Waals surface area contributed by atoms with Gasteiger partial charge in [-0.15, -0.1) is 0 Å². The molecule has 1 atom stereocenters. The molecule has 0 bridgehead atoms. The number of nitrogens with one attached hydrogen (secondary N) is 1. The lowest BCUT2D eigenvalue weighted by atomic mass is 10.1. The Balaban J connectivity index is 2.40. The summed E-state index contributed by atoms with van der Waals surface area (Å²) in [5.41, 5.74) is 0.626. The molecule has 0 aromatic carbocycles. The highest BCUT2D eigenvalue weighted by atomic mass is 79.9. The molecule has 5 heteroatoms. The fourth-order valence-electron chi connectivity index (χ4n) is 1.16. The van der Waals surface area contributed by atoms with Crippen LogP contribution in [0.2, 0.25) is 0 Å². The molecule has 0 saturated carbocycles. The number of rotatable bonds is 5. The van der Waals surface area contributed by atoms with Crippen LogP contribution in [-0.2, 0) is 0 Å². The second-order valence-electron chi connectivity index (χ2n) is 3.56. The largest absolute Gasteiger partial charge is 0.438 e. The highest BCUT2D eigenvalue weighted by Crippen LogP contribution is 2.06. The van der Waals surface area contributed by atoms with Gasteiger partial charge < -0.3 is 9.73 Å². The Bertz CT molecular complexity index is 325. The predicted octanol–water partition coefficient (Wildman–Crippen LogP) is 2.13. The first-order valence-corrected chi connectivity index (χ1v) is 6.01. The molecule has 0 radical (unpaired) electrons. The molecule has 0 aliphatic rings. The van der Waals surface area contributed by atoms with Gasteiger partial charge in [-0.05, 0) is 19.3 Å². The van der Waals surface area contributed by atoms with E-state index in [-0.39, 0.29) is 5.91 Å². The van der Waals surface area contributed by atoms with Gasteiger partial charge >= 0.3 is 0 Å². The first-order valence-electron chi connectivity index (χ1n) is 4.89. The van der Waals surface area contributed by atoms with E-state index in [4.69, 9.17) is 4.42 Å². The van der Waals surface area contributed by atoms with Crippen molar-refractivity contribution in [3.8, 4) is 0 Å². The molecule has 0 saturated heterocycles. The first-order chi connectivity index (χ1) is 7.15. The molecule has 84 valence electrons. The summed E-state index contributed by atoms with van der Waals surface area (Å²) < 4.78 is 4.99. The summed E-state index contributed by atoms with van der Waals surface area (Å²) >= 11 is 3.37. The number of hydrogen-bond acceptors (Lipinski definition) is 3. The van der Waals surface area contributed by atoms with Crippen LogP contribution in [0.1, 0.15) is 29.6 Å². The summed E-state index contributed by atoms with van der Waals surface area (Å²) in [4.78, 5) is 15.4. The van der Waals surface area contributed by atoms with E-state index in [1.165, 1.54) is 6.39 Å². The Labute approximate surface area is 97.6 Å². The van der Waals surface area contributed by atoms with Gasteiger partial charge in [0.05, 0.1) is 5.69 Å². The number of halogens is 1. The first kappa shape index (κ1) is 12.2. The molecule has 0 fully saturated rings. The number of amides is 1. The van der Waals surface area contributed by atoms with Crippen LogP contribution in [0.15, 0.2) is 10.8 Å². The highest BCUT2D eigenvalue weighted by Gasteiger charge is 2.13. The molecular formula is C10H15BrN2O2. The lowest BCUT2D eigenvalue weighted by molar-refractivity contribution is 0.0919. The fraction of sp³-hybridized carbons (Fsp3) is 0.600. The second kappa shape index (κ2) is 5.90. The number of aromatic nitrogens is 1. The molecule has 1 aromatic heterocycles. The summed E-state index contributed by atoms with van der Waals surface area (Å²) in [6, 6.07) is 0. The van der Waals surface area contributed by atoms with Crippen LogP contribution in [0.25, 0.3) is 0 Å². The van der Waals surface area contributed by atoms with Gasteiger partial charge in [0, 0.05) is 11.9 Å². The van der Waals surface area contributed by atoms with Crippen molar-refractivity contribution in [2.45, 2.75) is 20.3 Å². The van der Waals surface area contributed by atoms with Crippen molar-refractivity contribution < 1.29 is 9.21 Å². The van der Waals surface area contributed by atoms with Crippen molar-refractivity contribution in [2.24, 2.45) is 5.92 Å². The van der Waals surface area contributed by atoms with E-state index in [0.717, 1.165) is 11.8 Å². The average Bonchev–Trinajstić information content (AvgIpc) is 2.61. The number of aryl methyl sites for hydroxylation is 1. The van der Waals surface area contributed by atoms with Crippen LogP contribution in [-0.4, -0.2) is 22.8 Å². The number of alkyl halides is 1. The Morgan fingerprint density at radius 1 is 1.73 bits per heavy atom. The normalized spacial score (nSPS) is 12.5. The van der Waals surface area contributed by atoms with Gasteiger partial charge in [-0.3, -0.25) is 4.79 Å². The van der Waals surface area contributed by atoms with Gasteiger partial charge in [0.1, 0.15) is 0 Å². The van der Waals surface area contributed by atoms with Crippen LogP contribution in [0.3, 0.4) is 0 Å². The third kappa shape index (κ3) is 3.66. The zero-order valence-corrected chi connectivity index (χ0v) is 10.5. The van der Waals surface area contributed by atoms with E-state index in [0.29, 0.717) is 23.9 Å². The fourth-order valence-corrected chi connectivity index (χ4v) is 1.94. The summed E-state index contributed by atoms with van der Waals surface area (Å²) in [5, 5.41) is 3.77. The molecule has 1 rings (SSSR count). The predicted molar refractivity (Wildman–Crippen MR) is 61.1 cm³/mol. The molecular weight excluding hydrogens is 260 g/mol. The minimum atomic E-state index is -0.188. The van der Waals surface area contributed by atoms with E-state index < -0.39 is 0 Å². The number of carbonyl (C=O) groups excluding carboxylic acids is 1. The third-order valence-corrected chi connectivity index (χ3v) is 2.62. The van der Waals surface area contributed by atoms with Crippen LogP contribution in [0.5, 0.6) is 0 Å². The van der Waals surface area contributed by atoms with E-state index >= 15 is 0 Å². The number of oxazole rings is 1. The van der Waals surface area contributed by atoms with Crippen LogP contribution in [0, 0.1) is 12.8 Å². The number of nitrogens with zero attached hydrogens (tertiary/aromatic N) is 1. The minimum Gasteiger partial charge on any atom is -0.438 e. The maximum Gasteiger partial charge on any atom is 0.289 e. The van der Waals surface area contributed by atoms with E-state index in [9.17, 15) is 4.79 Å². The van der Waals surface area contributed by atoms with Gasteiger partial charge in [-0.1, -0.05) is 22.9 Å². The Hall–Kier alpha value is -0.840. The van der Waals surface area contributed by atoms with Crippen LogP contribution >= 0.6 is 15.9 Å². The third-order valence-electron chi connectivity index (χ3n) is 2.16. The Morgan fingerprint density at radius 2 is 2.47 bits per heavy atom. The smallest absolute Gasteiger partial charge is 0.289 e. The van der Waals surface area contributed by atoms with E-state index in [2.05, 4.69) is 33.2 Å². The van der Waals surface area contributed by atoms with E-state index in [1.54, 1.807) is 6.92 Å². The molecule has 1 amide bonds. The lowest BCUT2D eigenvalue weighted by Gasteiger charge is -2.09. The zero-order chi connectivity index (χ0) is 11.3. The molecule has 0 aliphatic carbocycles. The standard InChI is InChI=1S/C10H15BrN2O2/c1-7(3-4-11)5-12-10(14)9-8(2)13-6-15-9/h6-7H,3-5H2,1-2H3,(H,12,14). The minimum absolute atomic E-state index is 0.188. The van der Waals surface area contributed by atoms with E-state index in [1.807, 2.05) is 0 Å². The molecule has 0 spiro atoms. The summed E-state index contributed by atoms with van der Waals surface area (Å²) in [5.74, 6) is 0.573. The lowest BCUT2D eigenvalue weighted by Crippen LogP contribution is -2.28. The van der Waals surface area contributed by atoms with Crippen LogP contribution < -0.4 is 5.32 Å². The van der Waals surface area contributed by atoms with Crippen molar-refractivity contribution in [3.63, 3.8) is 0 Å². The number of hydrogen-bond donors (Lipinski definition) is 1. The summed E-state index contributed by atoms with van der Waals surface area (Å²) in [6.07, 6.45) is 2.32. The van der Waals surface area contributed by atoms with Crippen molar-refractivity contribution in [1.82, 2.24) is 10.3 Å². The Morgan fingerprint density at radius 3 is 3.00 bits per heavy atom. The van der Waals surface area contributed by atoms with Crippen molar-refractivity contribution in [2.75, 3.05) is 11.9 Å². The molecule has 1 heterocycles. The topological polar surface area (TPSA) is 55.1 Å². The molecule has 4 nitrogen and oxygen atoms in total. The average molecular weight is 275 g/mol. The van der Waals surface area contributed by atoms with Crippen molar-refractivity contribution in [1.29, 1.82) is 0 Å². The van der Waals surface area contributed by atoms with Gasteiger partial charge in [-0.25, -0.2) is 4.98 Å². The maximum atomic E-state index is 11.6.